The summed E-state index contributed by atoms with van der Waals surface area (Å²) in [5, 5.41) is 13.0. The van der Waals surface area contributed by atoms with Crippen molar-refractivity contribution in [3.8, 4) is 0 Å². The van der Waals surface area contributed by atoms with Gasteiger partial charge in [0.1, 0.15) is 11.6 Å². The highest BCUT2D eigenvalue weighted by Gasteiger charge is 2.17. The fourth-order valence-electron chi connectivity index (χ4n) is 1.46. The summed E-state index contributed by atoms with van der Waals surface area (Å²) in [6, 6.07) is 5.92. The molecule has 2 rings (SSSR count). The molecule has 1 heterocycles. The van der Waals surface area contributed by atoms with Gasteiger partial charge in [-0.05, 0) is 18.2 Å². The van der Waals surface area contributed by atoms with Crippen LogP contribution in [0.15, 0.2) is 41.0 Å². The van der Waals surface area contributed by atoms with Crippen molar-refractivity contribution >= 4 is 33.3 Å². The molecule has 1 aromatic heterocycles. The number of aromatic nitrogens is 1. The Morgan fingerprint density at radius 2 is 2.10 bits per heavy atom. The van der Waals surface area contributed by atoms with E-state index in [1.54, 1.807) is 6.07 Å². The molecule has 0 aliphatic heterocycles. The van der Waals surface area contributed by atoms with E-state index in [4.69, 9.17) is 0 Å². The maximum atomic E-state index is 13.6. The summed E-state index contributed by atoms with van der Waals surface area (Å²) in [6.45, 7) is 0. The second-order valence-electron chi connectivity index (χ2n) is 3.73. The van der Waals surface area contributed by atoms with Gasteiger partial charge in [0, 0.05) is 22.8 Å². The minimum absolute atomic E-state index is 0.204. The maximum absolute atomic E-state index is 13.6. The maximum Gasteiger partial charge on any atom is 0.270 e. The van der Waals surface area contributed by atoms with Gasteiger partial charge in [-0.25, -0.2) is 9.37 Å². The molecule has 0 bridgehead atoms. The summed E-state index contributed by atoms with van der Waals surface area (Å²) in [6.07, 6.45) is 1.45. The van der Waals surface area contributed by atoms with E-state index in [1.165, 1.54) is 12.3 Å². The average molecular weight is 340 g/mol. The van der Waals surface area contributed by atoms with Crippen LogP contribution >= 0.6 is 15.9 Å². The summed E-state index contributed by atoms with van der Waals surface area (Å²) in [5.74, 6) is -1.45. The molecule has 0 unspecified atom stereocenters. The molecule has 2 aromatic rings. The van der Waals surface area contributed by atoms with Crippen LogP contribution in [0.5, 0.6) is 0 Å². The predicted octanol–water partition coefficient (Wildman–Crippen LogP) is 3.14. The van der Waals surface area contributed by atoms with E-state index >= 15 is 0 Å². The number of nitrogens with zero attached hydrogens (tertiary/aromatic N) is 2. The first-order valence-corrected chi connectivity index (χ1v) is 6.13. The van der Waals surface area contributed by atoms with Crippen molar-refractivity contribution in [2.24, 2.45) is 0 Å². The van der Waals surface area contributed by atoms with Crippen molar-refractivity contribution in [3.05, 3.63) is 62.5 Å². The van der Waals surface area contributed by atoms with Gasteiger partial charge in [0.15, 0.2) is 0 Å². The number of pyridine rings is 1. The standard InChI is InChI=1S/C12H7BrFN3O3/c13-7-3-4-15-11(5-7)16-12(18)9-6-8(17(19)20)1-2-10(9)14/h1-6H,(H,15,16,18). The molecule has 0 aliphatic carbocycles. The highest BCUT2D eigenvalue weighted by atomic mass is 79.9. The number of nitro benzene ring substituents is 1. The normalized spacial score (nSPS) is 10.1. The minimum atomic E-state index is -0.844. The highest BCUT2D eigenvalue weighted by molar-refractivity contribution is 9.10. The summed E-state index contributed by atoms with van der Waals surface area (Å²) < 4.78 is 14.2. The van der Waals surface area contributed by atoms with Gasteiger partial charge in [-0.15, -0.1) is 0 Å². The third-order valence-corrected chi connectivity index (χ3v) is 2.86. The molecule has 0 radical (unpaired) electrons. The fraction of sp³-hybridized carbons (Fsp3) is 0. The number of nitrogens with one attached hydrogen (secondary N) is 1. The molecule has 6 nitrogen and oxygen atoms in total. The molecule has 8 heteroatoms. The Morgan fingerprint density at radius 3 is 2.75 bits per heavy atom. The van der Waals surface area contributed by atoms with Crippen LogP contribution in [0.25, 0.3) is 0 Å². The summed E-state index contributed by atoms with van der Waals surface area (Å²) in [7, 11) is 0. The van der Waals surface area contributed by atoms with Crippen LogP contribution in [0.4, 0.5) is 15.9 Å². The third kappa shape index (κ3) is 3.15. The first kappa shape index (κ1) is 14.1. The number of carbonyl (C=O) groups excluding carboxylic acids is 1. The lowest BCUT2D eigenvalue weighted by atomic mass is 10.1. The molecular formula is C12H7BrFN3O3. The Labute approximate surface area is 120 Å². The topological polar surface area (TPSA) is 85.1 Å². The number of amides is 1. The molecule has 0 aliphatic rings. The molecule has 0 fully saturated rings. The van der Waals surface area contributed by atoms with Crippen molar-refractivity contribution in [3.63, 3.8) is 0 Å². The van der Waals surface area contributed by atoms with Crippen LogP contribution < -0.4 is 5.32 Å². The lowest BCUT2D eigenvalue weighted by molar-refractivity contribution is -0.384. The zero-order valence-corrected chi connectivity index (χ0v) is 11.4. The van der Waals surface area contributed by atoms with Crippen LogP contribution in [0.3, 0.4) is 0 Å². The largest absolute Gasteiger partial charge is 0.306 e. The number of nitro groups is 1. The van der Waals surface area contributed by atoms with Crippen LogP contribution in [-0.2, 0) is 0 Å². The molecule has 0 saturated heterocycles. The van der Waals surface area contributed by atoms with E-state index in [2.05, 4.69) is 26.2 Å². The molecular weight excluding hydrogens is 333 g/mol. The first-order chi connectivity index (χ1) is 9.47. The first-order valence-electron chi connectivity index (χ1n) is 5.34. The Bertz CT molecular complexity index is 693. The average Bonchev–Trinajstić information content (AvgIpc) is 2.38. The predicted molar refractivity (Wildman–Crippen MR) is 72.9 cm³/mol. The monoisotopic (exact) mass is 339 g/mol. The van der Waals surface area contributed by atoms with Gasteiger partial charge in [-0.1, -0.05) is 15.9 Å². The zero-order chi connectivity index (χ0) is 14.7. The van der Waals surface area contributed by atoms with E-state index < -0.39 is 22.2 Å². The highest BCUT2D eigenvalue weighted by Crippen LogP contribution is 2.19. The van der Waals surface area contributed by atoms with Crippen LogP contribution in [0.2, 0.25) is 0 Å². The number of hydrogen-bond donors (Lipinski definition) is 1. The van der Waals surface area contributed by atoms with Crippen LogP contribution in [0.1, 0.15) is 10.4 Å². The van der Waals surface area contributed by atoms with Gasteiger partial charge in [0.25, 0.3) is 11.6 Å². The molecule has 0 saturated carbocycles. The number of benzene rings is 1. The van der Waals surface area contributed by atoms with Crippen molar-refractivity contribution < 1.29 is 14.1 Å². The summed E-state index contributed by atoms with van der Waals surface area (Å²) in [5.41, 5.74) is -0.778. The van der Waals surface area contributed by atoms with Crippen molar-refractivity contribution in [2.75, 3.05) is 5.32 Å². The molecule has 1 N–H and O–H groups in total. The van der Waals surface area contributed by atoms with Crippen molar-refractivity contribution in [1.29, 1.82) is 0 Å². The molecule has 0 spiro atoms. The molecule has 1 aromatic carbocycles. The van der Waals surface area contributed by atoms with Gasteiger partial charge < -0.3 is 5.32 Å². The van der Waals surface area contributed by atoms with E-state index in [0.29, 0.717) is 4.47 Å². The Kier molecular flexibility index (Phi) is 4.04. The number of non-ortho nitro benzene ring substituents is 1. The molecule has 20 heavy (non-hydrogen) atoms. The van der Waals surface area contributed by atoms with Crippen molar-refractivity contribution in [2.45, 2.75) is 0 Å². The van der Waals surface area contributed by atoms with E-state index in [1.807, 2.05) is 0 Å². The second kappa shape index (κ2) is 5.74. The lowest BCUT2D eigenvalue weighted by Gasteiger charge is -2.05. The minimum Gasteiger partial charge on any atom is -0.306 e. The number of halogens is 2. The zero-order valence-electron chi connectivity index (χ0n) is 9.84. The van der Waals surface area contributed by atoms with Gasteiger partial charge in [-0.2, -0.15) is 0 Å². The Morgan fingerprint density at radius 1 is 1.35 bits per heavy atom. The third-order valence-electron chi connectivity index (χ3n) is 2.37. The van der Waals surface area contributed by atoms with Gasteiger partial charge in [0.2, 0.25) is 0 Å². The van der Waals surface area contributed by atoms with Crippen molar-refractivity contribution in [1.82, 2.24) is 4.98 Å². The number of rotatable bonds is 3. The number of hydrogen-bond acceptors (Lipinski definition) is 4. The quantitative estimate of drug-likeness (QED) is 0.687. The van der Waals surface area contributed by atoms with Crippen LogP contribution in [0, 0.1) is 15.9 Å². The SMILES string of the molecule is O=C(Nc1cc(Br)ccn1)c1cc([N+](=O)[O-])ccc1F. The number of carbonyl (C=O) groups is 1. The van der Waals surface area contributed by atoms with Gasteiger partial charge >= 0.3 is 0 Å². The van der Waals surface area contributed by atoms with Gasteiger partial charge in [0.05, 0.1) is 10.5 Å². The van der Waals surface area contributed by atoms with E-state index in [9.17, 15) is 19.3 Å². The number of anilines is 1. The Balaban J connectivity index is 2.29. The second-order valence-corrected chi connectivity index (χ2v) is 4.65. The smallest absolute Gasteiger partial charge is 0.270 e. The van der Waals surface area contributed by atoms with Crippen LogP contribution in [-0.4, -0.2) is 15.8 Å². The van der Waals surface area contributed by atoms with E-state index in [0.717, 1.165) is 18.2 Å². The lowest BCUT2D eigenvalue weighted by Crippen LogP contribution is -2.15. The molecule has 102 valence electrons. The Hall–Kier alpha value is -2.35. The fourth-order valence-corrected chi connectivity index (χ4v) is 1.79. The van der Waals surface area contributed by atoms with Gasteiger partial charge in [-0.3, -0.25) is 14.9 Å². The molecule has 0 atom stereocenters. The van der Waals surface area contributed by atoms with E-state index in [-0.39, 0.29) is 11.5 Å². The molecule has 1 amide bonds. The summed E-state index contributed by atoms with van der Waals surface area (Å²) >= 11 is 3.20. The summed E-state index contributed by atoms with van der Waals surface area (Å²) in [4.78, 5) is 25.7.